The Kier molecular flexibility index (Phi) is 5.96. The summed E-state index contributed by atoms with van der Waals surface area (Å²) in [7, 11) is 0. The van der Waals surface area contributed by atoms with Crippen LogP contribution in [0.3, 0.4) is 0 Å². The van der Waals surface area contributed by atoms with Crippen LogP contribution in [0.5, 0.6) is 0 Å². The zero-order valence-corrected chi connectivity index (χ0v) is 14.3. The van der Waals surface area contributed by atoms with Crippen LogP contribution in [0.2, 0.25) is 5.02 Å². The Bertz CT molecular complexity index is 730. The lowest BCUT2D eigenvalue weighted by Crippen LogP contribution is -2.36. The van der Waals surface area contributed by atoms with Crippen molar-refractivity contribution < 1.29 is 13.9 Å². The second-order valence-electron chi connectivity index (χ2n) is 5.88. The average molecular weight is 364 g/mol. The van der Waals surface area contributed by atoms with Crippen LogP contribution < -0.4 is 10.6 Å². The number of hydrogen-bond donors (Lipinski definition) is 2. The van der Waals surface area contributed by atoms with E-state index < -0.39 is 5.82 Å². The topological polar surface area (TPSA) is 63.2 Å². The quantitative estimate of drug-likeness (QED) is 0.876. The second-order valence-corrected chi connectivity index (χ2v) is 6.29. The number of amides is 1. The summed E-state index contributed by atoms with van der Waals surface area (Å²) in [6.07, 6.45) is 2.81. The minimum atomic E-state index is -0.474. The van der Waals surface area contributed by atoms with Gasteiger partial charge in [0.05, 0.1) is 23.3 Å². The summed E-state index contributed by atoms with van der Waals surface area (Å²) >= 11 is 5.77. The molecule has 1 saturated heterocycles. The first-order chi connectivity index (χ1) is 12.1. The molecule has 1 aromatic heterocycles. The van der Waals surface area contributed by atoms with Gasteiger partial charge in [0.15, 0.2) is 0 Å². The first kappa shape index (κ1) is 17.8. The molecule has 3 rings (SSSR count). The maximum atomic E-state index is 13.8. The normalized spacial score (nSPS) is 20.7. The van der Waals surface area contributed by atoms with Crippen molar-refractivity contribution in [1.82, 2.24) is 15.6 Å². The molecular weight excluding hydrogens is 345 g/mol. The number of rotatable bonds is 4. The van der Waals surface area contributed by atoms with Gasteiger partial charge in [-0.05, 0) is 29.8 Å². The third kappa shape index (κ3) is 4.54. The summed E-state index contributed by atoms with van der Waals surface area (Å²) < 4.78 is 19.7. The van der Waals surface area contributed by atoms with E-state index >= 15 is 0 Å². The zero-order valence-electron chi connectivity index (χ0n) is 13.5. The highest BCUT2D eigenvalue weighted by Crippen LogP contribution is 2.29. The number of halogens is 2. The van der Waals surface area contributed by atoms with Gasteiger partial charge < -0.3 is 15.4 Å². The summed E-state index contributed by atoms with van der Waals surface area (Å²) in [4.78, 5) is 16.2. The van der Waals surface area contributed by atoms with Crippen LogP contribution in [0.4, 0.5) is 4.39 Å². The fourth-order valence-corrected chi connectivity index (χ4v) is 2.97. The Balaban J connectivity index is 1.72. The molecule has 0 bridgehead atoms. The van der Waals surface area contributed by atoms with Crippen molar-refractivity contribution in [2.75, 3.05) is 26.2 Å². The monoisotopic (exact) mass is 363 g/mol. The third-order valence-corrected chi connectivity index (χ3v) is 4.44. The molecule has 7 heteroatoms. The van der Waals surface area contributed by atoms with Crippen LogP contribution in [0.25, 0.3) is 0 Å². The van der Waals surface area contributed by atoms with E-state index in [1.807, 2.05) is 0 Å². The maximum absolute atomic E-state index is 13.8. The Labute approximate surface area is 150 Å². The lowest BCUT2D eigenvalue weighted by Gasteiger charge is -2.25. The molecule has 0 radical (unpaired) electrons. The number of nitrogens with zero attached hydrogens (tertiary/aromatic N) is 1. The lowest BCUT2D eigenvalue weighted by molar-refractivity contribution is 0.0304. The van der Waals surface area contributed by atoms with Crippen molar-refractivity contribution in [1.29, 1.82) is 0 Å². The molecule has 1 aliphatic heterocycles. The van der Waals surface area contributed by atoms with Gasteiger partial charge in [-0.25, -0.2) is 4.39 Å². The predicted octanol–water partition coefficient (Wildman–Crippen LogP) is 2.58. The van der Waals surface area contributed by atoms with Crippen LogP contribution in [0.15, 0.2) is 42.7 Å². The first-order valence-electron chi connectivity index (χ1n) is 8.10. The second kappa shape index (κ2) is 8.38. The standard InChI is InChI=1S/C18H19ClFN3O2/c19-15-4-3-12(8-16(15)20)17-14(10-22-6-7-25-17)11-23-18(24)13-2-1-5-21-9-13/h1-5,8-9,14,17,22H,6-7,10-11H2,(H,23,24)/t14-,17-/m0/s1. The van der Waals surface area contributed by atoms with Crippen LogP contribution in [0, 0.1) is 11.7 Å². The third-order valence-electron chi connectivity index (χ3n) is 4.13. The molecule has 5 nitrogen and oxygen atoms in total. The molecule has 2 atom stereocenters. The van der Waals surface area contributed by atoms with Crippen molar-refractivity contribution in [3.05, 3.63) is 64.7 Å². The van der Waals surface area contributed by atoms with Crippen molar-refractivity contribution >= 4 is 17.5 Å². The number of carbonyl (C=O) groups is 1. The van der Waals surface area contributed by atoms with Gasteiger partial charge in [0.2, 0.25) is 0 Å². The molecule has 1 aliphatic rings. The van der Waals surface area contributed by atoms with Gasteiger partial charge in [0.1, 0.15) is 5.82 Å². The van der Waals surface area contributed by atoms with Crippen LogP contribution in [0.1, 0.15) is 22.0 Å². The van der Waals surface area contributed by atoms with E-state index in [1.165, 1.54) is 18.3 Å². The molecule has 0 spiro atoms. The number of hydrogen-bond acceptors (Lipinski definition) is 4. The fourth-order valence-electron chi connectivity index (χ4n) is 2.85. The highest BCUT2D eigenvalue weighted by atomic mass is 35.5. The number of carbonyl (C=O) groups excluding carboxylic acids is 1. The smallest absolute Gasteiger partial charge is 0.252 e. The van der Waals surface area contributed by atoms with Gasteiger partial charge >= 0.3 is 0 Å². The largest absolute Gasteiger partial charge is 0.372 e. The number of benzene rings is 1. The molecule has 1 aromatic carbocycles. The molecule has 132 valence electrons. The minimum absolute atomic E-state index is 0.0382. The molecule has 2 N–H and O–H groups in total. The van der Waals surface area contributed by atoms with Gasteiger partial charge in [0, 0.05) is 37.9 Å². The fraction of sp³-hybridized carbons (Fsp3) is 0.333. The molecule has 25 heavy (non-hydrogen) atoms. The highest BCUT2D eigenvalue weighted by Gasteiger charge is 2.27. The molecule has 0 unspecified atom stereocenters. The van der Waals surface area contributed by atoms with Crippen LogP contribution >= 0.6 is 11.6 Å². The maximum Gasteiger partial charge on any atom is 0.252 e. The number of aromatic nitrogens is 1. The summed E-state index contributed by atoms with van der Waals surface area (Å²) in [5.74, 6) is -0.708. The van der Waals surface area contributed by atoms with Gasteiger partial charge in [-0.15, -0.1) is 0 Å². The average Bonchev–Trinajstić information content (AvgIpc) is 2.88. The van der Waals surface area contributed by atoms with Crippen molar-refractivity contribution in [2.45, 2.75) is 6.10 Å². The summed E-state index contributed by atoms with van der Waals surface area (Å²) in [5, 5.41) is 6.26. The van der Waals surface area contributed by atoms with Gasteiger partial charge in [-0.1, -0.05) is 17.7 Å². The molecule has 1 fully saturated rings. The summed E-state index contributed by atoms with van der Waals surface area (Å²) in [6.45, 7) is 2.28. The summed E-state index contributed by atoms with van der Waals surface area (Å²) in [6, 6.07) is 8.10. The lowest BCUT2D eigenvalue weighted by atomic mass is 9.95. The predicted molar refractivity (Wildman–Crippen MR) is 93.0 cm³/mol. The van der Waals surface area contributed by atoms with Crippen LogP contribution in [-0.4, -0.2) is 37.1 Å². The van der Waals surface area contributed by atoms with E-state index in [1.54, 1.807) is 24.4 Å². The van der Waals surface area contributed by atoms with E-state index in [9.17, 15) is 9.18 Å². The molecule has 1 amide bonds. The first-order valence-corrected chi connectivity index (χ1v) is 8.48. The SMILES string of the molecule is O=C(NC[C@@H]1CNCCO[C@H]1c1ccc(Cl)c(F)c1)c1cccnc1. The van der Waals surface area contributed by atoms with Crippen LogP contribution in [-0.2, 0) is 4.74 Å². The van der Waals surface area contributed by atoms with E-state index in [0.29, 0.717) is 37.4 Å². The Morgan fingerprint density at radius 2 is 2.32 bits per heavy atom. The Morgan fingerprint density at radius 3 is 3.08 bits per heavy atom. The molecule has 0 saturated carbocycles. The van der Waals surface area contributed by atoms with Gasteiger partial charge in [-0.3, -0.25) is 9.78 Å². The van der Waals surface area contributed by atoms with Crippen molar-refractivity contribution in [3.8, 4) is 0 Å². The Morgan fingerprint density at radius 1 is 1.44 bits per heavy atom. The molecule has 2 aromatic rings. The Hall–Kier alpha value is -2.02. The zero-order chi connectivity index (χ0) is 17.6. The summed E-state index contributed by atoms with van der Waals surface area (Å²) in [5.41, 5.74) is 1.21. The number of ether oxygens (including phenoxy) is 1. The molecule has 0 aliphatic carbocycles. The van der Waals surface area contributed by atoms with Crippen molar-refractivity contribution in [2.24, 2.45) is 5.92 Å². The number of pyridine rings is 1. The number of nitrogens with one attached hydrogen (secondary N) is 2. The van der Waals surface area contributed by atoms with E-state index in [-0.39, 0.29) is 23.0 Å². The van der Waals surface area contributed by atoms with E-state index in [2.05, 4.69) is 15.6 Å². The molecule has 2 heterocycles. The molecular formula is C18H19ClFN3O2. The van der Waals surface area contributed by atoms with E-state index in [0.717, 1.165) is 0 Å². The highest BCUT2D eigenvalue weighted by molar-refractivity contribution is 6.30. The minimum Gasteiger partial charge on any atom is -0.372 e. The van der Waals surface area contributed by atoms with E-state index in [4.69, 9.17) is 16.3 Å². The van der Waals surface area contributed by atoms with Gasteiger partial charge in [-0.2, -0.15) is 0 Å². The van der Waals surface area contributed by atoms with Crippen molar-refractivity contribution in [3.63, 3.8) is 0 Å². The van der Waals surface area contributed by atoms with Gasteiger partial charge in [0.25, 0.3) is 5.91 Å².